The first-order valence-electron chi connectivity index (χ1n) is 4.60. The zero-order chi connectivity index (χ0) is 9.52. The molecule has 0 aromatic heterocycles. The van der Waals surface area contributed by atoms with Crippen LogP contribution < -0.4 is 5.73 Å². The number of carbonyl (C=O) groups excluding carboxylic acids is 1. The highest BCUT2D eigenvalue weighted by Crippen LogP contribution is 2.17. The average Bonchev–Trinajstić information content (AvgIpc) is 2.14. The number of allylic oxidation sites excluding steroid dienone is 5. The summed E-state index contributed by atoms with van der Waals surface area (Å²) >= 11 is 0. The first-order valence-corrected chi connectivity index (χ1v) is 4.60. The number of hydrogen-bond donors (Lipinski definition) is 1. The van der Waals surface area contributed by atoms with Crippen LogP contribution in [0.3, 0.4) is 0 Å². The second-order valence-corrected chi connectivity index (χ2v) is 3.17. The summed E-state index contributed by atoms with van der Waals surface area (Å²) in [6, 6.07) is 0. The summed E-state index contributed by atoms with van der Waals surface area (Å²) in [6.45, 7) is 0. The van der Waals surface area contributed by atoms with Gasteiger partial charge in [-0.2, -0.15) is 0 Å². The molecule has 13 heavy (non-hydrogen) atoms. The maximum atomic E-state index is 10.3. The molecule has 1 amide bonds. The molecular formula is C11H15NO. The van der Waals surface area contributed by atoms with E-state index < -0.39 is 5.91 Å². The van der Waals surface area contributed by atoms with Gasteiger partial charge in [0.05, 0.1) is 0 Å². The Morgan fingerprint density at radius 2 is 2.31 bits per heavy atom. The number of nitrogens with two attached hydrogens (primary N) is 1. The van der Waals surface area contributed by atoms with Gasteiger partial charge in [0.2, 0.25) is 5.91 Å². The van der Waals surface area contributed by atoms with Gasteiger partial charge in [-0.25, -0.2) is 0 Å². The quantitative estimate of drug-likeness (QED) is 0.399. The molecule has 1 unspecified atom stereocenters. The van der Waals surface area contributed by atoms with Crippen molar-refractivity contribution in [2.24, 2.45) is 11.7 Å². The molecule has 0 spiro atoms. The zero-order valence-electron chi connectivity index (χ0n) is 7.65. The van der Waals surface area contributed by atoms with Gasteiger partial charge < -0.3 is 5.73 Å². The summed E-state index contributed by atoms with van der Waals surface area (Å²) in [5, 5.41) is 0. The molecule has 0 fully saturated rings. The Morgan fingerprint density at radius 3 is 2.92 bits per heavy atom. The van der Waals surface area contributed by atoms with Crippen molar-refractivity contribution in [3.8, 4) is 0 Å². The molecule has 0 saturated carbocycles. The highest BCUT2D eigenvalue weighted by atomic mass is 16.1. The van der Waals surface area contributed by atoms with Crippen molar-refractivity contribution < 1.29 is 4.79 Å². The molecule has 0 saturated heterocycles. The van der Waals surface area contributed by atoms with Crippen LogP contribution in [-0.4, -0.2) is 5.91 Å². The molecule has 1 aliphatic rings. The first kappa shape index (κ1) is 9.78. The summed E-state index contributed by atoms with van der Waals surface area (Å²) in [5.41, 5.74) is 4.94. The Kier molecular flexibility index (Phi) is 4.03. The Bertz CT molecular complexity index is 251. The smallest absolute Gasteiger partial charge is 0.241 e. The van der Waals surface area contributed by atoms with Crippen LogP contribution in [0.1, 0.15) is 19.3 Å². The lowest BCUT2D eigenvalue weighted by Gasteiger charge is -2.10. The van der Waals surface area contributed by atoms with E-state index in [9.17, 15) is 4.79 Å². The van der Waals surface area contributed by atoms with Gasteiger partial charge in [-0.3, -0.25) is 4.79 Å². The van der Waals surface area contributed by atoms with E-state index in [4.69, 9.17) is 5.73 Å². The number of amides is 1. The predicted octanol–water partition coefficient (Wildman–Crippen LogP) is 1.94. The first-order chi connectivity index (χ1) is 6.29. The molecule has 0 radical (unpaired) electrons. The van der Waals surface area contributed by atoms with Crippen molar-refractivity contribution in [3.05, 3.63) is 36.5 Å². The van der Waals surface area contributed by atoms with Crippen LogP contribution in [0.5, 0.6) is 0 Å². The van der Waals surface area contributed by atoms with E-state index in [1.807, 2.05) is 6.08 Å². The summed E-state index contributed by atoms with van der Waals surface area (Å²) in [6.07, 6.45) is 15.1. The van der Waals surface area contributed by atoms with E-state index in [2.05, 4.69) is 18.2 Å². The topological polar surface area (TPSA) is 43.1 Å². The van der Waals surface area contributed by atoms with Gasteiger partial charge in [0, 0.05) is 6.08 Å². The van der Waals surface area contributed by atoms with Crippen molar-refractivity contribution in [2.45, 2.75) is 19.3 Å². The molecular weight excluding hydrogens is 162 g/mol. The lowest BCUT2D eigenvalue weighted by molar-refractivity contribution is -0.113. The van der Waals surface area contributed by atoms with Gasteiger partial charge in [0.25, 0.3) is 0 Å². The number of primary amides is 1. The summed E-state index contributed by atoms with van der Waals surface area (Å²) in [4.78, 5) is 10.3. The molecule has 0 bridgehead atoms. The largest absolute Gasteiger partial charge is 0.366 e. The van der Waals surface area contributed by atoms with Crippen LogP contribution in [-0.2, 0) is 4.79 Å². The lowest BCUT2D eigenvalue weighted by Crippen LogP contribution is -2.04. The predicted molar refractivity (Wildman–Crippen MR) is 54.0 cm³/mol. The normalized spacial score (nSPS) is 22.9. The molecule has 0 heterocycles. The van der Waals surface area contributed by atoms with E-state index in [1.54, 1.807) is 6.08 Å². The van der Waals surface area contributed by atoms with Gasteiger partial charge in [-0.05, 0) is 25.2 Å². The molecule has 2 N–H and O–H groups in total. The Hall–Kier alpha value is -1.31. The Labute approximate surface area is 78.8 Å². The van der Waals surface area contributed by atoms with Crippen molar-refractivity contribution in [3.63, 3.8) is 0 Å². The molecule has 0 aliphatic heterocycles. The van der Waals surface area contributed by atoms with Crippen molar-refractivity contribution in [1.29, 1.82) is 0 Å². The third-order valence-corrected chi connectivity index (χ3v) is 2.02. The standard InChI is InChI=1S/C11H15NO/c12-11(13)9-5-4-8-10-6-2-1-3-7-10/h2,4-6,8-10H,1,3,7H2,(H2,12,13). The van der Waals surface area contributed by atoms with Crippen molar-refractivity contribution >= 4 is 5.91 Å². The highest BCUT2D eigenvalue weighted by Gasteiger charge is 2.02. The van der Waals surface area contributed by atoms with Crippen molar-refractivity contribution in [2.75, 3.05) is 0 Å². The van der Waals surface area contributed by atoms with E-state index in [1.165, 1.54) is 25.3 Å². The second kappa shape index (κ2) is 5.36. The third-order valence-electron chi connectivity index (χ3n) is 2.02. The molecule has 2 nitrogen and oxygen atoms in total. The number of hydrogen-bond acceptors (Lipinski definition) is 1. The van der Waals surface area contributed by atoms with E-state index in [0.717, 1.165) is 0 Å². The third kappa shape index (κ3) is 4.31. The fourth-order valence-electron chi connectivity index (χ4n) is 1.36. The van der Waals surface area contributed by atoms with Crippen LogP contribution in [0.15, 0.2) is 36.5 Å². The Morgan fingerprint density at radius 1 is 1.46 bits per heavy atom. The van der Waals surface area contributed by atoms with Gasteiger partial charge in [-0.1, -0.05) is 30.4 Å². The van der Waals surface area contributed by atoms with E-state index in [-0.39, 0.29) is 0 Å². The van der Waals surface area contributed by atoms with Crippen LogP contribution in [0, 0.1) is 5.92 Å². The van der Waals surface area contributed by atoms with Gasteiger partial charge in [0.15, 0.2) is 0 Å². The molecule has 1 rings (SSSR count). The minimum absolute atomic E-state index is 0.399. The molecule has 0 aromatic rings. The second-order valence-electron chi connectivity index (χ2n) is 3.17. The summed E-state index contributed by atoms with van der Waals surface area (Å²) < 4.78 is 0. The minimum atomic E-state index is -0.399. The maximum absolute atomic E-state index is 10.3. The van der Waals surface area contributed by atoms with Gasteiger partial charge in [0.1, 0.15) is 0 Å². The van der Waals surface area contributed by atoms with Crippen molar-refractivity contribution in [1.82, 2.24) is 0 Å². The maximum Gasteiger partial charge on any atom is 0.241 e. The molecule has 0 aromatic carbocycles. The van der Waals surface area contributed by atoms with Crippen LogP contribution in [0.4, 0.5) is 0 Å². The SMILES string of the molecule is NC(=O)C=CC=CC1C=CCCC1. The lowest BCUT2D eigenvalue weighted by atomic mass is 9.96. The fourth-order valence-corrected chi connectivity index (χ4v) is 1.36. The number of carbonyl (C=O) groups is 1. The Balaban J connectivity index is 2.34. The molecule has 1 aliphatic carbocycles. The fraction of sp³-hybridized carbons (Fsp3) is 0.364. The number of rotatable bonds is 3. The minimum Gasteiger partial charge on any atom is -0.366 e. The molecule has 1 atom stereocenters. The van der Waals surface area contributed by atoms with Crippen LogP contribution in [0.2, 0.25) is 0 Å². The average molecular weight is 177 g/mol. The van der Waals surface area contributed by atoms with Crippen LogP contribution in [0.25, 0.3) is 0 Å². The van der Waals surface area contributed by atoms with Crippen LogP contribution >= 0.6 is 0 Å². The van der Waals surface area contributed by atoms with Gasteiger partial charge >= 0.3 is 0 Å². The zero-order valence-corrected chi connectivity index (χ0v) is 7.65. The van der Waals surface area contributed by atoms with Gasteiger partial charge in [-0.15, -0.1) is 0 Å². The monoisotopic (exact) mass is 177 g/mol. The summed E-state index contributed by atoms with van der Waals surface area (Å²) in [5.74, 6) is 0.134. The summed E-state index contributed by atoms with van der Waals surface area (Å²) in [7, 11) is 0. The highest BCUT2D eigenvalue weighted by molar-refractivity contribution is 5.85. The molecule has 70 valence electrons. The van der Waals surface area contributed by atoms with E-state index in [0.29, 0.717) is 5.92 Å². The van der Waals surface area contributed by atoms with E-state index >= 15 is 0 Å². The molecule has 2 heteroatoms.